The summed E-state index contributed by atoms with van der Waals surface area (Å²) in [6.07, 6.45) is 1.32. The quantitative estimate of drug-likeness (QED) is 0.778. The van der Waals surface area contributed by atoms with Crippen molar-refractivity contribution in [1.29, 1.82) is 0 Å². The zero-order chi connectivity index (χ0) is 12.0. The fourth-order valence-corrected chi connectivity index (χ4v) is 2.05. The van der Waals surface area contributed by atoms with Gasteiger partial charge in [0, 0.05) is 10.7 Å². The van der Waals surface area contributed by atoms with Crippen LogP contribution in [0.15, 0.2) is 29.0 Å². The Morgan fingerprint density at radius 2 is 2.06 bits per heavy atom. The predicted molar refractivity (Wildman–Crippen MR) is 61.8 cm³/mol. The molecule has 1 aromatic heterocycles. The predicted octanol–water partition coefficient (Wildman–Crippen LogP) is 2.63. The lowest BCUT2D eigenvalue weighted by molar-refractivity contribution is 0.569. The number of hydrogen-bond acceptors (Lipinski definition) is 4. The molecule has 16 heavy (non-hydrogen) atoms. The normalized spacial score (nSPS) is 13.2. The van der Waals surface area contributed by atoms with Crippen molar-refractivity contribution in [3.05, 3.63) is 30.2 Å². The fourth-order valence-electron chi connectivity index (χ4n) is 1.37. The summed E-state index contributed by atoms with van der Waals surface area (Å²) in [5, 5.41) is 0. The topological polar surface area (TPSA) is 60.2 Å². The van der Waals surface area contributed by atoms with Crippen LogP contribution in [0.1, 0.15) is 19.4 Å². The van der Waals surface area contributed by atoms with Gasteiger partial charge in [0.15, 0.2) is 12.0 Å². The maximum atomic E-state index is 11.4. The average molecular weight is 260 g/mol. The van der Waals surface area contributed by atoms with E-state index in [2.05, 4.69) is 4.98 Å². The second-order valence-electron chi connectivity index (χ2n) is 3.98. The van der Waals surface area contributed by atoms with Gasteiger partial charge in [0.25, 0.3) is 0 Å². The Balaban J connectivity index is 2.63. The van der Waals surface area contributed by atoms with Crippen LogP contribution in [0.3, 0.4) is 0 Å². The summed E-state index contributed by atoms with van der Waals surface area (Å²) in [5.74, 6) is 0. The molecule has 0 aliphatic rings. The van der Waals surface area contributed by atoms with Crippen molar-refractivity contribution in [3.63, 3.8) is 0 Å². The van der Waals surface area contributed by atoms with Crippen molar-refractivity contribution in [3.8, 4) is 0 Å². The molecule has 2 aromatic rings. The molecule has 0 bridgehead atoms. The molecule has 0 aliphatic heterocycles. The molecule has 0 spiro atoms. The van der Waals surface area contributed by atoms with E-state index in [-0.39, 0.29) is 0 Å². The van der Waals surface area contributed by atoms with Crippen LogP contribution < -0.4 is 0 Å². The number of hydrogen-bond donors (Lipinski definition) is 0. The smallest absolute Gasteiger partial charge is 0.241 e. The zero-order valence-electron chi connectivity index (χ0n) is 8.77. The summed E-state index contributed by atoms with van der Waals surface area (Å²) >= 11 is 0. The van der Waals surface area contributed by atoms with Gasteiger partial charge in [0.1, 0.15) is 10.3 Å². The van der Waals surface area contributed by atoms with Gasteiger partial charge >= 0.3 is 0 Å². The van der Waals surface area contributed by atoms with Gasteiger partial charge in [-0.05, 0) is 31.5 Å². The van der Waals surface area contributed by atoms with E-state index in [0.717, 1.165) is 0 Å². The number of nitrogens with zero attached hydrogens (tertiary/aromatic N) is 1. The molecule has 0 fully saturated rings. The molecule has 0 amide bonds. The highest BCUT2D eigenvalue weighted by Gasteiger charge is 2.34. The monoisotopic (exact) mass is 259 g/mol. The van der Waals surface area contributed by atoms with E-state index in [1.165, 1.54) is 6.39 Å². The third-order valence-electron chi connectivity index (χ3n) is 2.64. The number of fused-ring (bicyclic) bond motifs is 1. The third-order valence-corrected chi connectivity index (χ3v) is 5.25. The van der Waals surface area contributed by atoms with Gasteiger partial charge in [-0.1, -0.05) is 6.07 Å². The van der Waals surface area contributed by atoms with Crippen LogP contribution in [0.2, 0.25) is 0 Å². The highest BCUT2D eigenvalue weighted by molar-refractivity contribution is 8.14. The standard InChI is InChI=1S/C10H10ClNO3S/c1-10(2,16(11,13)14)7-3-4-8-9(5-7)15-6-12-8/h3-6H,1-2H3. The molecule has 0 unspecified atom stereocenters. The molecule has 0 saturated heterocycles. The molecule has 1 heterocycles. The van der Waals surface area contributed by atoms with E-state index >= 15 is 0 Å². The molecular weight excluding hydrogens is 250 g/mol. The third kappa shape index (κ3) is 1.70. The van der Waals surface area contributed by atoms with E-state index in [1.54, 1.807) is 32.0 Å². The minimum absolute atomic E-state index is 0.547. The van der Waals surface area contributed by atoms with Gasteiger partial charge in [0.2, 0.25) is 9.05 Å². The molecule has 86 valence electrons. The Morgan fingerprint density at radius 1 is 1.38 bits per heavy atom. The molecule has 0 radical (unpaired) electrons. The van der Waals surface area contributed by atoms with Crippen LogP contribution in [-0.4, -0.2) is 13.4 Å². The Kier molecular flexibility index (Phi) is 2.47. The molecular formula is C10H10ClNO3S. The maximum Gasteiger partial charge on any atom is 0.241 e. The summed E-state index contributed by atoms with van der Waals surface area (Å²) in [7, 11) is 1.71. The van der Waals surface area contributed by atoms with Crippen molar-refractivity contribution < 1.29 is 12.8 Å². The second kappa shape index (κ2) is 3.46. The van der Waals surface area contributed by atoms with Crippen molar-refractivity contribution in [2.45, 2.75) is 18.6 Å². The second-order valence-corrected chi connectivity index (χ2v) is 7.10. The van der Waals surface area contributed by atoms with Crippen LogP contribution in [0.25, 0.3) is 11.1 Å². The van der Waals surface area contributed by atoms with Gasteiger partial charge in [-0.15, -0.1) is 0 Å². The summed E-state index contributed by atoms with van der Waals surface area (Å²) in [6, 6.07) is 5.03. The first-order valence-electron chi connectivity index (χ1n) is 4.60. The summed E-state index contributed by atoms with van der Waals surface area (Å²) in [4.78, 5) is 3.95. The first-order valence-corrected chi connectivity index (χ1v) is 6.91. The van der Waals surface area contributed by atoms with Crippen molar-refractivity contribution >= 4 is 30.8 Å². The number of aromatic nitrogens is 1. The van der Waals surface area contributed by atoms with Gasteiger partial charge in [-0.2, -0.15) is 0 Å². The minimum atomic E-state index is -3.70. The van der Waals surface area contributed by atoms with E-state index in [4.69, 9.17) is 15.1 Å². The van der Waals surface area contributed by atoms with Crippen LogP contribution >= 0.6 is 10.7 Å². The molecule has 2 rings (SSSR count). The zero-order valence-corrected chi connectivity index (χ0v) is 10.3. The SMILES string of the molecule is CC(C)(c1ccc2ncoc2c1)S(=O)(=O)Cl. The summed E-state index contributed by atoms with van der Waals surface area (Å²) in [5.41, 5.74) is 1.81. The van der Waals surface area contributed by atoms with Crippen LogP contribution in [-0.2, 0) is 13.8 Å². The first kappa shape index (κ1) is 11.4. The molecule has 4 nitrogen and oxygen atoms in total. The largest absolute Gasteiger partial charge is 0.443 e. The summed E-state index contributed by atoms with van der Waals surface area (Å²) in [6.45, 7) is 3.10. The van der Waals surface area contributed by atoms with E-state index in [1.807, 2.05) is 0 Å². The van der Waals surface area contributed by atoms with Gasteiger partial charge in [-0.25, -0.2) is 13.4 Å². The van der Waals surface area contributed by atoms with Crippen molar-refractivity contribution in [1.82, 2.24) is 4.98 Å². The van der Waals surface area contributed by atoms with Crippen molar-refractivity contribution in [2.75, 3.05) is 0 Å². The maximum absolute atomic E-state index is 11.4. The number of benzene rings is 1. The molecule has 1 aromatic carbocycles. The number of halogens is 1. The molecule has 0 atom stereocenters. The Morgan fingerprint density at radius 3 is 2.69 bits per heavy atom. The fraction of sp³-hybridized carbons (Fsp3) is 0.300. The Bertz CT molecular complexity index is 630. The van der Waals surface area contributed by atoms with Gasteiger partial charge in [0.05, 0.1) is 0 Å². The van der Waals surface area contributed by atoms with Crippen molar-refractivity contribution in [2.24, 2.45) is 0 Å². The minimum Gasteiger partial charge on any atom is -0.443 e. The Hall–Kier alpha value is -1.07. The van der Waals surface area contributed by atoms with Gasteiger partial charge < -0.3 is 4.42 Å². The van der Waals surface area contributed by atoms with Crippen LogP contribution in [0.4, 0.5) is 0 Å². The highest BCUT2D eigenvalue weighted by Crippen LogP contribution is 2.33. The Labute approximate surface area is 97.7 Å². The van der Waals surface area contributed by atoms with Crippen LogP contribution in [0, 0.1) is 0 Å². The first-order chi connectivity index (χ1) is 7.32. The van der Waals surface area contributed by atoms with E-state index in [9.17, 15) is 8.42 Å². The summed E-state index contributed by atoms with van der Waals surface area (Å²) < 4.78 is 26.9. The lowest BCUT2D eigenvalue weighted by atomic mass is 10.0. The van der Waals surface area contributed by atoms with E-state index < -0.39 is 13.8 Å². The number of rotatable bonds is 2. The van der Waals surface area contributed by atoms with E-state index in [0.29, 0.717) is 16.7 Å². The average Bonchev–Trinajstić information content (AvgIpc) is 2.61. The molecule has 0 saturated carbocycles. The molecule has 0 N–H and O–H groups in total. The lowest BCUT2D eigenvalue weighted by Crippen LogP contribution is -2.24. The number of oxazole rings is 1. The molecule has 6 heteroatoms. The van der Waals surface area contributed by atoms with Gasteiger partial charge in [-0.3, -0.25) is 0 Å². The lowest BCUT2D eigenvalue weighted by Gasteiger charge is -2.20. The molecule has 0 aliphatic carbocycles. The highest BCUT2D eigenvalue weighted by atomic mass is 35.7. The van der Waals surface area contributed by atoms with Crippen LogP contribution in [0.5, 0.6) is 0 Å².